The molecule has 0 fully saturated rings. The van der Waals surface area contributed by atoms with Crippen molar-refractivity contribution in [3.8, 4) is 34.6 Å². The molecule has 8 aromatic rings. The smallest absolute Gasteiger partial charge is 0.309 e. The van der Waals surface area contributed by atoms with Crippen LogP contribution in [0.4, 0.5) is 13.2 Å². The van der Waals surface area contributed by atoms with Gasteiger partial charge >= 0.3 is 6.18 Å². The van der Waals surface area contributed by atoms with Gasteiger partial charge in [-0.3, -0.25) is 0 Å². The van der Waals surface area contributed by atoms with Crippen LogP contribution < -0.4 is 0 Å². The van der Waals surface area contributed by atoms with Crippen molar-refractivity contribution in [2.45, 2.75) is 33.9 Å². The molecule has 0 saturated carbocycles. The van der Waals surface area contributed by atoms with Crippen LogP contribution in [0.1, 0.15) is 38.9 Å². The highest BCUT2D eigenvalue weighted by Gasteiger charge is 2.32. The maximum Gasteiger partial charge on any atom is 0.416 e. The molecule has 0 atom stereocenters. The topological polar surface area (TPSA) is 57.4 Å². The van der Waals surface area contributed by atoms with Gasteiger partial charge in [0.2, 0.25) is 0 Å². The lowest BCUT2D eigenvalue weighted by Gasteiger charge is -2.20. The molecule has 0 radical (unpaired) electrons. The van der Waals surface area contributed by atoms with Crippen molar-refractivity contribution in [1.82, 2.24) is 9.13 Å². The highest BCUT2D eigenvalue weighted by Crippen LogP contribution is 2.43. The Morgan fingerprint density at radius 3 is 1.28 bits per heavy atom. The number of hydrogen-bond acceptors (Lipinski definition) is 2. The average molecular weight is 659 g/mol. The molecule has 50 heavy (non-hydrogen) atoms. The van der Waals surface area contributed by atoms with Crippen molar-refractivity contribution in [2.24, 2.45) is 0 Å². The summed E-state index contributed by atoms with van der Waals surface area (Å²) in [5, 5.41) is 25.2. The van der Waals surface area contributed by atoms with E-state index in [1.165, 1.54) is 6.07 Å². The highest BCUT2D eigenvalue weighted by atomic mass is 19.4. The van der Waals surface area contributed by atoms with Crippen molar-refractivity contribution < 1.29 is 13.2 Å². The van der Waals surface area contributed by atoms with Gasteiger partial charge in [0.25, 0.3) is 0 Å². The SMILES string of the molecule is Cc1ccc2c3ccc(C)cc3n(-c3cc(-c4ccc(C(F)(F)F)cc4C#N)c(-n4c5cc(C)ccc5c5ccc(C)cc54)cc3C#N)c2c1. The Morgan fingerprint density at radius 1 is 0.460 bits per heavy atom. The largest absolute Gasteiger partial charge is 0.416 e. The second kappa shape index (κ2) is 11.1. The highest BCUT2D eigenvalue weighted by molar-refractivity contribution is 6.11. The third-order valence-corrected chi connectivity index (χ3v) is 9.63. The van der Waals surface area contributed by atoms with Gasteiger partial charge in [-0.2, -0.15) is 23.7 Å². The lowest BCUT2D eigenvalue weighted by Crippen LogP contribution is -2.07. The fourth-order valence-electron chi connectivity index (χ4n) is 7.30. The van der Waals surface area contributed by atoms with Crippen LogP contribution >= 0.6 is 0 Å². The molecule has 6 aromatic carbocycles. The number of nitriles is 2. The standard InChI is InChI=1S/C43H29F3N4/c1-24-5-10-32-33-11-6-25(2)16-39(33)49(38(32)15-24)37-21-36(31-14-9-30(43(44,45)46)19-28(31)22-47)42(20-29(37)23-48)50-40-17-26(3)7-12-34(40)35-13-8-27(4)18-41(35)50/h5-21H,1-4H3. The summed E-state index contributed by atoms with van der Waals surface area (Å²) in [4.78, 5) is 0. The van der Waals surface area contributed by atoms with Gasteiger partial charge in [0.05, 0.1) is 56.2 Å². The van der Waals surface area contributed by atoms with Gasteiger partial charge in [-0.25, -0.2) is 0 Å². The molecule has 0 saturated heterocycles. The molecule has 0 aliphatic heterocycles. The Labute approximate surface area is 286 Å². The Hall–Kier alpha value is -6.31. The Kier molecular flexibility index (Phi) is 6.89. The van der Waals surface area contributed by atoms with Crippen molar-refractivity contribution >= 4 is 43.6 Å². The number of alkyl halides is 3. The number of fused-ring (bicyclic) bond motifs is 6. The molecule has 0 spiro atoms. The van der Waals surface area contributed by atoms with E-state index < -0.39 is 11.7 Å². The number of halogens is 3. The van der Waals surface area contributed by atoms with E-state index in [1.54, 1.807) is 0 Å². The summed E-state index contributed by atoms with van der Waals surface area (Å²) < 4.78 is 45.9. The van der Waals surface area contributed by atoms with Crippen molar-refractivity contribution in [2.75, 3.05) is 0 Å². The van der Waals surface area contributed by atoms with Crippen molar-refractivity contribution in [1.29, 1.82) is 10.5 Å². The first-order valence-electron chi connectivity index (χ1n) is 16.2. The minimum absolute atomic E-state index is 0.112. The summed E-state index contributed by atoms with van der Waals surface area (Å²) in [5.74, 6) is 0. The number of aryl methyl sites for hydroxylation is 4. The van der Waals surface area contributed by atoms with E-state index in [0.29, 0.717) is 28.1 Å². The molecular weight excluding hydrogens is 629 g/mol. The average Bonchev–Trinajstić information content (AvgIpc) is 3.57. The van der Waals surface area contributed by atoms with Gasteiger partial charge < -0.3 is 9.13 Å². The van der Waals surface area contributed by atoms with Gasteiger partial charge in [-0.1, -0.05) is 54.6 Å². The Bertz CT molecular complexity index is 2700. The zero-order valence-corrected chi connectivity index (χ0v) is 27.7. The third kappa shape index (κ3) is 4.74. The normalized spacial score (nSPS) is 11.9. The van der Waals surface area contributed by atoms with Crippen LogP contribution in [0.3, 0.4) is 0 Å². The zero-order chi connectivity index (χ0) is 35.1. The molecule has 7 heteroatoms. The Balaban J connectivity index is 1.57. The molecule has 2 heterocycles. The molecule has 0 aliphatic carbocycles. The molecule has 0 N–H and O–H groups in total. The summed E-state index contributed by atoms with van der Waals surface area (Å²) in [6, 6.07) is 36.3. The van der Waals surface area contributed by atoms with Crippen LogP contribution in [-0.4, -0.2) is 9.13 Å². The summed E-state index contributed by atoms with van der Waals surface area (Å²) >= 11 is 0. The van der Waals surface area contributed by atoms with Crippen LogP contribution in [0, 0.1) is 50.4 Å². The van der Waals surface area contributed by atoms with Gasteiger partial charge in [-0.15, -0.1) is 0 Å². The lowest BCUT2D eigenvalue weighted by molar-refractivity contribution is -0.137. The fraction of sp³-hybridized carbons (Fsp3) is 0.116. The fourth-order valence-corrected chi connectivity index (χ4v) is 7.30. The summed E-state index contributed by atoms with van der Waals surface area (Å²) in [7, 11) is 0. The first kappa shape index (κ1) is 31.0. The van der Waals surface area contributed by atoms with Crippen molar-refractivity contribution in [3.05, 3.63) is 142 Å². The maximum atomic E-state index is 13.9. The molecule has 0 unspecified atom stereocenters. The van der Waals surface area contributed by atoms with Gasteiger partial charge in [-0.05, 0) is 98.5 Å². The second-order valence-electron chi connectivity index (χ2n) is 13.1. The summed E-state index contributed by atoms with van der Waals surface area (Å²) in [5.41, 5.74) is 9.10. The molecule has 2 aromatic heterocycles. The number of benzene rings is 6. The van der Waals surface area contributed by atoms with Crippen LogP contribution in [0.5, 0.6) is 0 Å². The first-order valence-corrected chi connectivity index (χ1v) is 16.2. The monoisotopic (exact) mass is 658 g/mol. The number of aromatic nitrogens is 2. The molecule has 4 nitrogen and oxygen atoms in total. The molecule has 0 amide bonds. The molecule has 0 aliphatic rings. The quantitative estimate of drug-likeness (QED) is 0.190. The van der Waals surface area contributed by atoms with E-state index in [0.717, 1.165) is 78.0 Å². The van der Waals surface area contributed by atoms with Crippen LogP contribution in [0.25, 0.3) is 66.1 Å². The van der Waals surface area contributed by atoms with E-state index in [4.69, 9.17) is 0 Å². The van der Waals surface area contributed by atoms with E-state index in [1.807, 2.05) is 58.0 Å². The van der Waals surface area contributed by atoms with Crippen LogP contribution in [0.2, 0.25) is 0 Å². The maximum absolute atomic E-state index is 13.9. The third-order valence-electron chi connectivity index (χ3n) is 9.63. The molecule has 8 rings (SSSR count). The summed E-state index contributed by atoms with van der Waals surface area (Å²) in [6.07, 6.45) is -4.62. The van der Waals surface area contributed by atoms with E-state index in [-0.39, 0.29) is 5.56 Å². The number of rotatable bonds is 3. The number of nitrogens with zero attached hydrogens (tertiary/aromatic N) is 4. The van der Waals surface area contributed by atoms with Gasteiger partial charge in [0, 0.05) is 32.7 Å². The first-order chi connectivity index (χ1) is 24.0. The molecular formula is C43H29F3N4. The van der Waals surface area contributed by atoms with Gasteiger partial charge in [0.15, 0.2) is 0 Å². The van der Waals surface area contributed by atoms with E-state index >= 15 is 0 Å². The predicted molar refractivity (Wildman–Crippen MR) is 194 cm³/mol. The summed E-state index contributed by atoms with van der Waals surface area (Å²) in [6.45, 7) is 8.04. The lowest BCUT2D eigenvalue weighted by atomic mass is 9.94. The number of hydrogen-bond donors (Lipinski definition) is 0. The Morgan fingerprint density at radius 2 is 0.880 bits per heavy atom. The molecule has 242 valence electrons. The van der Waals surface area contributed by atoms with Crippen LogP contribution in [0.15, 0.2) is 103 Å². The zero-order valence-electron chi connectivity index (χ0n) is 27.7. The predicted octanol–water partition coefficient (Wildman–Crippen LogP) is 11.5. The van der Waals surface area contributed by atoms with E-state index in [2.05, 4.69) is 75.9 Å². The minimum Gasteiger partial charge on any atom is -0.309 e. The second-order valence-corrected chi connectivity index (χ2v) is 13.1. The molecule has 0 bridgehead atoms. The van der Waals surface area contributed by atoms with E-state index in [9.17, 15) is 23.7 Å². The van der Waals surface area contributed by atoms with Crippen LogP contribution in [-0.2, 0) is 6.18 Å². The minimum atomic E-state index is -4.62. The van der Waals surface area contributed by atoms with Gasteiger partial charge in [0.1, 0.15) is 6.07 Å². The van der Waals surface area contributed by atoms with Crippen molar-refractivity contribution in [3.63, 3.8) is 0 Å².